The molecule has 1 saturated carbocycles. The van der Waals surface area contributed by atoms with Gasteiger partial charge in [-0.05, 0) is 64.8 Å². The Hall–Kier alpha value is -2.59. The SMILES string of the molecule is CCCCNC(=O)C1(NC(C)=O)CC(CCB2OC(C)(C)C(C)(C)O2)CC1CNC(=O)OCc1ccccc1. The molecule has 3 unspecified atom stereocenters. The number of hydrogen-bond acceptors (Lipinski definition) is 6. The molecule has 9 nitrogen and oxygen atoms in total. The highest BCUT2D eigenvalue weighted by molar-refractivity contribution is 6.45. The molecule has 39 heavy (non-hydrogen) atoms. The number of carbonyl (C=O) groups excluding carboxylic acids is 3. The lowest BCUT2D eigenvalue weighted by Crippen LogP contribution is -2.62. The molecule has 1 saturated heterocycles. The largest absolute Gasteiger partial charge is 0.457 e. The van der Waals surface area contributed by atoms with Gasteiger partial charge in [0.05, 0.1) is 11.2 Å². The van der Waals surface area contributed by atoms with Gasteiger partial charge in [-0.2, -0.15) is 0 Å². The lowest BCUT2D eigenvalue weighted by atomic mass is 9.79. The van der Waals surface area contributed by atoms with Crippen molar-refractivity contribution < 1.29 is 28.4 Å². The van der Waals surface area contributed by atoms with Crippen molar-refractivity contribution in [1.29, 1.82) is 0 Å². The molecule has 0 aromatic heterocycles. The molecular formula is C29H46BN3O6. The summed E-state index contributed by atoms with van der Waals surface area (Å²) in [7, 11) is -0.325. The molecule has 1 aromatic rings. The zero-order chi connectivity index (χ0) is 28.7. The second-order valence-corrected chi connectivity index (χ2v) is 12.0. The monoisotopic (exact) mass is 543 g/mol. The van der Waals surface area contributed by atoms with Gasteiger partial charge in [-0.3, -0.25) is 9.59 Å². The van der Waals surface area contributed by atoms with E-state index in [9.17, 15) is 14.4 Å². The molecule has 1 heterocycles. The highest BCUT2D eigenvalue weighted by atomic mass is 16.7. The van der Waals surface area contributed by atoms with Crippen molar-refractivity contribution in [3.63, 3.8) is 0 Å². The van der Waals surface area contributed by atoms with Crippen LogP contribution in [0.5, 0.6) is 0 Å². The maximum Gasteiger partial charge on any atom is 0.457 e. The Labute approximate surface area is 233 Å². The number of benzene rings is 1. The molecule has 1 aliphatic heterocycles. The molecule has 3 rings (SSSR count). The third-order valence-corrected chi connectivity index (χ3v) is 8.36. The summed E-state index contributed by atoms with van der Waals surface area (Å²) in [5.41, 5.74) is -1.04. The van der Waals surface area contributed by atoms with Crippen LogP contribution in [0.15, 0.2) is 30.3 Å². The first-order chi connectivity index (χ1) is 18.4. The van der Waals surface area contributed by atoms with E-state index in [4.69, 9.17) is 14.0 Å². The van der Waals surface area contributed by atoms with E-state index in [-0.39, 0.29) is 43.9 Å². The number of rotatable bonds is 12. The van der Waals surface area contributed by atoms with Crippen LogP contribution in [0.2, 0.25) is 6.32 Å². The van der Waals surface area contributed by atoms with E-state index >= 15 is 0 Å². The Balaban J connectivity index is 1.69. The van der Waals surface area contributed by atoms with Gasteiger partial charge >= 0.3 is 13.2 Å². The van der Waals surface area contributed by atoms with Crippen LogP contribution in [0.1, 0.15) is 79.2 Å². The molecule has 10 heteroatoms. The van der Waals surface area contributed by atoms with Crippen LogP contribution in [0.3, 0.4) is 0 Å². The minimum atomic E-state index is -1.12. The minimum Gasteiger partial charge on any atom is -0.445 e. The third-order valence-electron chi connectivity index (χ3n) is 8.36. The van der Waals surface area contributed by atoms with Gasteiger partial charge in [0.15, 0.2) is 0 Å². The summed E-state index contributed by atoms with van der Waals surface area (Å²) in [5.74, 6) is -0.631. The zero-order valence-electron chi connectivity index (χ0n) is 24.4. The number of ether oxygens (including phenoxy) is 1. The van der Waals surface area contributed by atoms with Gasteiger partial charge in [0, 0.05) is 25.9 Å². The summed E-state index contributed by atoms with van der Waals surface area (Å²) in [6.45, 7) is 12.5. The van der Waals surface area contributed by atoms with E-state index in [1.54, 1.807) is 0 Å². The van der Waals surface area contributed by atoms with Crippen LogP contribution in [0.4, 0.5) is 4.79 Å². The summed E-state index contributed by atoms with van der Waals surface area (Å²) >= 11 is 0. The second-order valence-electron chi connectivity index (χ2n) is 12.0. The van der Waals surface area contributed by atoms with E-state index in [0.717, 1.165) is 24.8 Å². The highest BCUT2D eigenvalue weighted by Gasteiger charge is 2.54. The molecule has 0 radical (unpaired) electrons. The predicted molar refractivity (Wildman–Crippen MR) is 151 cm³/mol. The topological polar surface area (TPSA) is 115 Å². The third kappa shape index (κ3) is 7.98. The number of hydrogen-bond donors (Lipinski definition) is 3. The molecule has 0 bridgehead atoms. The number of nitrogens with one attached hydrogen (secondary N) is 3. The average Bonchev–Trinajstić information content (AvgIpc) is 3.32. The molecular weight excluding hydrogens is 497 g/mol. The van der Waals surface area contributed by atoms with E-state index in [2.05, 4.69) is 22.9 Å². The van der Waals surface area contributed by atoms with Crippen LogP contribution in [-0.2, 0) is 30.2 Å². The van der Waals surface area contributed by atoms with Crippen molar-refractivity contribution in [1.82, 2.24) is 16.0 Å². The molecule has 2 fully saturated rings. The van der Waals surface area contributed by atoms with Crippen molar-refractivity contribution in [2.24, 2.45) is 11.8 Å². The summed E-state index contributed by atoms with van der Waals surface area (Å²) in [6.07, 6.45) is 3.85. The smallest absolute Gasteiger partial charge is 0.445 e. The minimum absolute atomic E-state index is 0.139. The van der Waals surface area contributed by atoms with Gasteiger partial charge < -0.3 is 30.0 Å². The summed E-state index contributed by atoms with van der Waals surface area (Å²) in [6, 6.07) is 9.45. The highest BCUT2D eigenvalue weighted by Crippen LogP contribution is 2.44. The Morgan fingerprint density at radius 3 is 2.33 bits per heavy atom. The van der Waals surface area contributed by atoms with Crippen molar-refractivity contribution >= 4 is 25.0 Å². The van der Waals surface area contributed by atoms with E-state index in [1.807, 2.05) is 58.0 Å². The first-order valence-electron chi connectivity index (χ1n) is 14.3. The van der Waals surface area contributed by atoms with Gasteiger partial charge in [0.2, 0.25) is 11.8 Å². The number of unbranched alkanes of at least 4 members (excludes halogenated alkanes) is 1. The van der Waals surface area contributed by atoms with Gasteiger partial charge in [0.25, 0.3) is 0 Å². The normalized spacial score (nSPS) is 25.2. The zero-order valence-corrected chi connectivity index (χ0v) is 24.4. The number of amides is 3. The van der Waals surface area contributed by atoms with Crippen LogP contribution in [0.25, 0.3) is 0 Å². The number of carbonyl (C=O) groups is 3. The quantitative estimate of drug-likeness (QED) is 0.269. The van der Waals surface area contributed by atoms with Gasteiger partial charge in [-0.25, -0.2) is 4.79 Å². The molecule has 1 aromatic carbocycles. The first-order valence-corrected chi connectivity index (χ1v) is 14.3. The molecule has 3 atom stereocenters. The summed E-state index contributed by atoms with van der Waals surface area (Å²) in [5, 5.41) is 8.86. The standard InChI is InChI=1S/C29H46BN3O6/c1-7-8-16-31-25(35)29(33-21(2)34)18-23(14-15-30-38-27(3,4)28(5,6)39-30)17-24(29)19-32-26(36)37-20-22-12-10-9-11-13-22/h9-13,23-24H,7-8,14-20H2,1-6H3,(H,31,35)(H,32,36)(H,33,34). The molecule has 1 aliphatic carbocycles. The van der Waals surface area contributed by atoms with Crippen molar-refractivity contribution in [3.05, 3.63) is 35.9 Å². The van der Waals surface area contributed by atoms with E-state index in [1.165, 1.54) is 6.92 Å². The molecule has 0 spiro atoms. The van der Waals surface area contributed by atoms with Gasteiger partial charge in [-0.1, -0.05) is 50.1 Å². The number of alkyl carbamates (subject to hydrolysis) is 1. The molecule has 3 N–H and O–H groups in total. The second kappa shape index (κ2) is 13.2. The Bertz CT molecular complexity index is 972. The Morgan fingerprint density at radius 2 is 1.72 bits per heavy atom. The van der Waals surface area contributed by atoms with Crippen LogP contribution in [-0.4, -0.2) is 54.9 Å². The fourth-order valence-corrected chi connectivity index (χ4v) is 5.56. The maximum atomic E-state index is 13.6. The van der Waals surface area contributed by atoms with Crippen molar-refractivity contribution in [2.75, 3.05) is 13.1 Å². The van der Waals surface area contributed by atoms with Crippen LogP contribution in [0, 0.1) is 11.8 Å². The Kier molecular flexibility index (Phi) is 10.5. The lowest BCUT2D eigenvalue weighted by Gasteiger charge is -2.35. The molecule has 2 aliphatic rings. The van der Waals surface area contributed by atoms with Gasteiger partial charge in [-0.15, -0.1) is 0 Å². The predicted octanol–water partition coefficient (Wildman–Crippen LogP) is 4.21. The van der Waals surface area contributed by atoms with Crippen molar-refractivity contribution in [3.8, 4) is 0 Å². The van der Waals surface area contributed by atoms with E-state index in [0.29, 0.717) is 25.7 Å². The van der Waals surface area contributed by atoms with E-state index < -0.39 is 22.8 Å². The Morgan fingerprint density at radius 1 is 1.05 bits per heavy atom. The summed E-state index contributed by atoms with van der Waals surface area (Å²) in [4.78, 5) is 38.5. The fourth-order valence-electron chi connectivity index (χ4n) is 5.56. The van der Waals surface area contributed by atoms with Crippen molar-refractivity contribution in [2.45, 2.75) is 103 Å². The first kappa shape index (κ1) is 30.9. The maximum absolute atomic E-state index is 13.6. The van der Waals surface area contributed by atoms with Crippen LogP contribution < -0.4 is 16.0 Å². The molecule has 3 amide bonds. The molecule has 216 valence electrons. The fraction of sp³-hybridized carbons (Fsp3) is 0.690. The van der Waals surface area contributed by atoms with Crippen LogP contribution >= 0.6 is 0 Å². The lowest BCUT2D eigenvalue weighted by molar-refractivity contribution is -0.134. The van der Waals surface area contributed by atoms with Gasteiger partial charge in [0.1, 0.15) is 12.1 Å². The summed E-state index contributed by atoms with van der Waals surface area (Å²) < 4.78 is 17.7. The average molecular weight is 544 g/mol.